The van der Waals surface area contributed by atoms with Gasteiger partial charge in [-0.3, -0.25) is 14.2 Å². The molecule has 0 bridgehead atoms. The highest BCUT2D eigenvalue weighted by Crippen LogP contribution is 2.27. The second-order valence-corrected chi connectivity index (χ2v) is 9.12. The Bertz CT molecular complexity index is 1160. The predicted octanol–water partition coefficient (Wildman–Crippen LogP) is 4.72. The number of carbonyl (C=O) groups is 1. The molecule has 4 rings (SSSR count). The maximum Gasteiger partial charge on any atom is 0.266 e. The Labute approximate surface area is 182 Å². The first kappa shape index (κ1) is 20.9. The average molecular weight is 446 g/mol. The Morgan fingerprint density at radius 3 is 2.73 bits per heavy atom. The molecule has 1 heterocycles. The third kappa shape index (κ3) is 4.23. The van der Waals surface area contributed by atoms with Crippen molar-refractivity contribution in [1.82, 2.24) is 14.9 Å². The summed E-state index contributed by atoms with van der Waals surface area (Å²) < 4.78 is 15.1. The fraction of sp³-hybridized carbons (Fsp3) is 0.318. The molecule has 156 valence electrons. The van der Waals surface area contributed by atoms with Gasteiger partial charge < -0.3 is 5.32 Å². The molecule has 0 saturated heterocycles. The number of carbonyl (C=O) groups excluding carboxylic acids is 1. The van der Waals surface area contributed by atoms with Crippen molar-refractivity contribution in [2.45, 2.75) is 49.1 Å². The normalized spacial score (nSPS) is 15.4. The van der Waals surface area contributed by atoms with Gasteiger partial charge in [0.1, 0.15) is 5.82 Å². The number of benzene rings is 2. The van der Waals surface area contributed by atoms with E-state index in [9.17, 15) is 14.0 Å². The zero-order chi connectivity index (χ0) is 21.3. The minimum atomic E-state index is -0.569. The van der Waals surface area contributed by atoms with Crippen LogP contribution in [-0.2, 0) is 4.79 Å². The van der Waals surface area contributed by atoms with E-state index in [0.29, 0.717) is 21.7 Å². The van der Waals surface area contributed by atoms with Crippen LogP contribution in [0.2, 0.25) is 5.02 Å². The molecule has 2 aromatic carbocycles. The number of fused-ring (bicyclic) bond motifs is 1. The van der Waals surface area contributed by atoms with Gasteiger partial charge in [-0.05, 0) is 50.1 Å². The number of nitrogens with zero attached hydrogens (tertiary/aromatic N) is 2. The predicted molar refractivity (Wildman–Crippen MR) is 118 cm³/mol. The summed E-state index contributed by atoms with van der Waals surface area (Å²) in [5.41, 5.74) is 0.641. The first-order chi connectivity index (χ1) is 14.4. The number of amides is 1. The summed E-state index contributed by atoms with van der Waals surface area (Å²) in [6.45, 7) is 1.79. The average Bonchev–Trinajstić information content (AvgIpc) is 3.23. The summed E-state index contributed by atoms with van der Waals surface area (Å²) >= 11 is 7.15. The molecule has 8 heteroatoms. The number of hydrogen-bond donors (Lipinski definition) is 1. The molecule has 1 aliphatic carbocycles. The van der Waals surface area contributed by atoms with E-state index in [1.807, 2.05) is 0 Å². The van der Waals surface area contributed by atoms with Crippen LogP contribution in [0.4, 0.5) is 4.39 Å². The highest BCUT2D eigenvalue weighted by molar-refractivity contribution is 8.00. The molecule has 0 unspecified atom stereocenters. The van der Waals surface area contributed by atoms with Gasteiger partial charge in [0.2, 0.25) is 5.91 Å². The Balaban J connectivity index is 1.74. The Hall–Kier alpha value is -2.38. The molecule has 1 atom stereocenters. The van der Waals surface area contributed by atoms with E-state index in [1.165, 1.54) is 34.5 Å². The van der Waals surface area contributed by atoms with Gasteiger partial charge in [-0.1, -0.05) is 48.3 Å². The van der Waals surface area contributed by atoms with Crippen LogP contribution in [0.5, 0.6) is 0 Å². The molecule has 5 nitrogen and oxygen atoms in total. The lowest BCUT2D eigenvalue weighted by Crippen LogP contribution is -2.38. The van der Waals surface area contributed by atoms with Gasteiger partial charge in [-0.25, -0.2) is 9.37 Å². The smallest absolute Gasteiger partial charge is 0.266 e. The van der Waals surface area contributed by atoms with Gasteiger partial charge in [-0.15, -0.1) is 0 Å². The lowest BCUT2D eigenvalue weighted by molar-refractivity contribution is -0.120. The standard InChI is InChI=1S/C22H21ClFN3O2S/c1-13(20(28)25-14-6-2-3-7-14)30-22-26-19-9-5-4-8-16(19)21(29)27(22)15-10-11-18(24)17(23)12-15/h4-5,8-14H,2-3,6-7H2,1H3,(H,25,28)/t13-/m0/s1. The Kier molecular flexibility index (Phi) is 6.11. The van der Waals surface area contributed by atoms with Crippen LogP contribution in [0.1, 0.15) is 32.6 Å². The number of halogens is 2. The van der Waals surface area contributed by atoms with Crippen LogP contribution in [-0.4, -0.2) is 26.8 Å². The first-order valence-electron chi connectivity index (χ1n) is 9.88. The maximum atomic E-state index is 13.7. The molecule has 1 amide bonds. The minimum Gasteiger partial charge on any atom is -0.352 e. The largest absolute Gasteiger partial charge is 0.352 e. The van der Waals surface area contributed by atoms with E-state index in [4.69, 9.17) is 11.6 Å². The first-order valence-corrected chi connectivity index (χ1v) is 11.1. The van der Waals surface area contributed by atoms with E-state index in [2.05, 4.69) is 10.3 Å². The molecule has 1 saturated carbocycles. The Morgan fingerprint density at radius 1 is 1.27 bits per heavy atom. The molecule has 1 aromatic heterocycles. The number of nitrogens with one attached hydrogen (secondary N) is 1. The van der Waals surface area contributed by atoms with Gasteiger partial charge in [0.15, 0.2) is 5.16 Å². The van der Waals surface area contributed by atoms with Crippen molar-refractivity contribution in [2.75, 3.05) is 0 Å². The monoisotopic (exact) mass is 445 g/mol. The number of hydrogen-bond acceptors (Lipinski definition) is 4. The SMILES string of the molecule is C[C@H](Sc1nc2ccccc2c(=O)n1-c1ccc(F)c(Cl)c1)C(=O)NC1CCCC1. The Morgan fingerprint density at radius 2 is 2.00 bits per heavy atom. The topological polar surface area (TPSA) is 64.0 Å². The van der Waals surface area contributed by atoms with Gasteiger partial charge in [0, 0.05) is 6.04 Å². The van der Waals surface area contributed by atoms with E-state index in [1.54, 1.807) is 31.2 Å². The van der Waals surface area contributed by atoms with Crippen molar-refractivity contribution >= 4 is 40.2 Å². The number of rotatable bonds is 5. The lowest BCUT2D eigenvalue weighted by atomic mass is 10.2. The van der Waals surface area contributed by atoms with Gasteiger partial charge in [-0.2, -0.15) is 0 Å². The van der Waals surface area contributed by atoms with Crippen molar-refractivity contribution < 1.29 is 9.18 Å². The van der Waals surface area contributed by atoms with Crippen molar-refractivity contribution in [1.29, 1.82) is 0 Å². The van der Waals surface area contributed by atoms with Crippen LogP contribution in [0.15, 0.2) is 52.4 Å². The molecule has 1 aliphatic rings. The highest BCUT2D eigenvalue weighted by atomic mass is 35.5. The van der Waals surface area contributed by atoms with Crippen molar-refractivity contribution in [3.05, 3.63) is 63.7 Å². The summed E-state index contributed by atoms with van der Waals surface area (Å²) in [5, 5.41) is 3.33. The molecule has 3 aromatic rings. The number of aromatic nitrogens is 2. The fourth-order valence-corrected chi connectivity index (χ4v) is 4.75. The van der Waals surface area contributed by atoms with Crippen molar-refractivity contribution in [2.24, 2.45) is 0 Å². The van der Waals surface area contributed by atoms with Crippen molar-refractivity contribution in [3.63, 3.8) is 0 Å². The van der Waals surface area contributed by atoms with E-state index in [0.717, 1.165) is 25.7 Å². The molecule has 30 heavy (non-hydrogen) atoms. The molecular weight excluding hydrogens is 425 g/mol. The molecular formula is C22H21ClFN3O2S. The zero-order valence-corrected chi connectivity index (χ0v) is 18.0. The second kappa shape index (κ2) is 8.78. The molecule has 0 radical (unpaired) electrons. The van der Waals surface area contributed by atoms with Crippen LogP contribution in [0, 0.1) is 5.82 Å². The molecule has 0 aliphatic heterocycles. The third-order valence-electron chi connectivity index (χ3n) is 5.26. The van der Waals surface area contributed by atoms with E-state index >= 15 is 0 Å². The van der Waals surface area contributed by atoms with E-state index < -0.39 is 11.1 Å². The zero-order valence-electron chi connectivity index (χ0n) is 16.4. The van der Waals surface area contributed by atoms with Crippen LogP contribution in [0.25, 0.3) is 16.6 Å². The third-order valence-corrected chi connectivity index (χ3v) is 6.60. The van der Waals surface area contributed by atoms with E-state index in [-0.39, 0.29) is 22.5 Å². The van der Waals surface area contributed by atoms with Crippen LogP contribution >= 0.6 is 23.4 Å². The highest BCUT2D eigenvalue weighted by Gasteiger charge is 2.24. The summed E-state index contributed by atoms with van der Waals surface area (Å²) in [6.07, 6.45) is 4.25. The fourth-order valence-electron chi connectivity index (χ4n) is 3.64. The lowest BCUT2D eigenvalue weighted by Gasteiger charge is -2.18. The number of thioether (sulfide) groups is 1. The van der Waals surface area contributed by atoms with Gasteiger partial charge >= 0.3 is 0 Å². The summed E-state index contributed by atoms with van der Waals surface area (Å²) in [6, 6.07) is 11.3. The second-order valence-electron chi connectivity index (χ2n) is 7.40. The maximum absolute atomic E-state index is 13.7. The minimum absolute atomic E-state index is 0.0852. The van der Waals surface area contributed by atoms with Crippen molar-refractivity contribution in [3.8, 4) is 5.69 Å². The quantitative estimate of drug-likeness (QED) is 0.456. The van der Waals surface area contributed by atoms with Gasteiger partial charge in [0.05, 0.1) is 26.9 Å². The molecule has 1 N–H and O–H groups in total. The number of para-hydroxylation sites is 1. The molecule has 0 spiro atoms. The van der Waals surface area contributed by atoms with Crippen LogP contribution in [0.3, 0.4) is 0 Å². The van der Waals surface area contributed by atoms with Gasteiger partial charge in [0.25, 0.3) is 5.56 Å². The summed E-state index contributed by atoms with van der Waals surface area (Å²) in [4.78, 5) is 30.6. The molecule has 1 fully saturated rings. The summed E-state index contributed by atoms with van der Waals surface area (Å²) in [5.74, 6) is -0.654. The van der Waals surface area contributed by atoms with Crippen LogP contribution < -0.4 is 10.9 Å². The summed E-state index contributed by atoms with van der Waals surface area (Å²) in [7, 11) is 0.